The van der Waals surface area contributed by atoms with Gasteiger partial charge in [-0.05, 0) is 35.2 Å². The van der Waals surface area contributed by atoms with Gasteiger partial charge in [-0.15, -0.1) is 0 Å². The third-order valence-electron chi connectivity index (χ3n) is 3.29. The number of nitrogens with one attached hydrogen (secondary N) is 1. The maximum atomic E-state index is 12.0. The first-order valence-electron chi connectivity index (χ1n) is 7.28. The van der Waals surface area contributed by atoms with E-state index < -0.39 is 0 Å². The average Bonchev–Trinajstić information content (AvgIpc) is 2.48. The van der Waals surface area contributed by atoms with Crippen LogP contribution in [0, 0.1) is 0 Å². The van der Waals surface area contributed by atoms with Gasteiger partial charge in [0, 0.05) is 5.02 Å². The molecule has 4 nitrogen and oxygen atoms in total. The van der Waals surface area contributed by atoms with Crippen LogP contribution in [0.25, 0.3) is 0 Å². The summed E-state index contributed by atoms with van der Waals surface area (Å²) in [5.74, 6) is 0.259. The Morgan fingerprint density at radius 2 is 1.91 bits per heavy atom. The lowest BCUT2D eigenvalue weighted by Gasteiger charge is -2.22. The van der Waals surface area contributed by atoms with Gasteiger partial charge in [-0.3, -0.25) is 4.79 Å². The van der Waals surface area contributed by atoms with Crippen LogP contribution in [0.15, 0.2) is 42.5 Å². The first-order valence-corrected chi connectivity index (χ1v) is 7.66. The smallest absolute Gasteiger partial charge is 0.262 e. The molecule has 0 aliphatic carbocycles. The van der Waals surface area contributed by atoms with Crippen molar-refractivity contribution < 1.29 is 14.6 Å². The average molecular weight is 334 g/mol. The van der Waals surface area contributed by atoms with Gasteiger partial charge < -0.3 is 15.2 Å². The summed E-state index contributed by atoms with van der Waals surface area (Å²) in [4.78, 5) is 12.0. The number of amides is 1. The number of carbonyl (C=O) groups excluding carboxylic acids is 1. The second kappa shape index (κ2) is 6.92. The molecular formula is C18H20ClNO3. The SMILES string of the molecule is CC(C)(C)c1ccccc1OCC(=O)Nc1cc(Cl)ccc1O. The van der Waals surface area contributed by atoms with Crippen LogP contribution in [0.2, 0.25) is 5.02 Å². The molecule has 0 aromatic heterocycles. The predicted molar refractivity (Wildman–Crippen MR) is 92.4 cm³/mol. The number of phenols is 1. The van der Waals surface area contributed by atoms with Crippen molar-refractivity contribution in [3.63, 3.8) is 0 Å². The fourth-order valence-corrected chi connectivity index (χ4v) is 2.32. The molecule has 0 bridgehead atoms. The molecule has 2 aromatic rings. The van der Waals surface area contributed by atoms with E-state index in [1.807, 2.05) is 24.3 Å². The maximum absolute atomic E-state index is 12.0. The number of hydrogen-bond donors (Lipinski definition) is 2. The summed E-state index contributed by atoms with van der Waals surface area (Å²) >= 11 is 5.85. The minimum Gasteiger partial charge on any atom is -0.506 e. The molecule has 2 N–H and O–H groups in total. The van der Waals surface area contributed by atoms with Crippen molar-refractivity contribution in [1.29, 1.82) is 0 Å². The Balaban J connectivity index is 2.04. The monoisotopic (exact) mass is 333 g/mol. The van der Waals surface area contributed by atoms with E-state index in [1.54, 1.807) is 6.07 Å². The van der Waals surface area contributed by atoms with Gasteiger partial charge in [0.15, 0.2) is 6.61 Å². The molecule has 0 heterocycles. The highest BCUT2D eigenvalue weighted by Crippen LogP contribution is 2.31. The van der Waals surface area contributed by atoms with Gasteiger partial charge in [0.05, 0.1) is 5.69 Å². The predicted octanol–water partition coefficient (Wildman–Crippen LogP) is 4.36. The lowest BCUT2D eigenvalue weighted by molar-refractivity contribution is -0.118. The third-order valence-corrected chi connectivity index (χ3v) is 3.52. The minimum absolute atomic E-state index is 0.0437. The zero-order valence-corrected chi connectivity index (χ0v) is 14.1. The van der Waals surface area contributed by atoms with Gasteiger partial charge >= 0.3 is 0 Å². The minimum atomic E-state index is -0.369. The first kappa shape index (κ1) is 17.2. The van der Waals surface area contributed by atoms with Crippen molar-refractivity contribution in [2.24, 2.45) is 0 Å². The molecule has 23 heavy (non-hydrogen) atoms. The molecule has 5 heteroatoms. The summed E-state index contributed by atoms with van der Waals surface area (Å²) in [6.45, 7) is 6.09. The summed E-state index contributed by atoms with van der Waals surface area (Å²) in [6, 6.07) is 12.1. The summed E-state index contributed by atoms with van der Waals surface area (Å²) in [6.07, 6.45) is 0. The normalized spacial score (nSPS) is 11.1. The number of halogens is 1. The quantitative estimate of drug-likeness (QED) is 0.817. The van der Waals surface area contributed by atoms with Crippen molar-refractivity contribution in [2.45, 2.75) is 26.2 Å². The Labute approximate surface area is 141 Å². The van der Waals surface area contributed by atoms with E-state index in [2.05, 4.69) is 26.1 Å². The van der Waals surface area contributed by atoms with Gasteiger partial charge in [-0.2, -0.15) is 0 Å². The number of benzene rings is 2. The summed E-state index contributed by atoms with van der Waals surface area (Å²) < 4.78 is 5.64. The van der Waals surface area contributed by atoms with E-state index >= 15 is 0 Å². The van der Waals surface area contributed by atoms with Crippen LogP contribution in [0.5, 0.6) is 11.5 Å². The van der Waals surface area contributed by atoms with E-state index in [4.69, 9.17) is 16.3 Å². The van der Waals surface area contributed by atoms with Gasteiger partial charge in [0.1, 0.15) is 11.5 Å². The van der Waals surface area contributed by atoms with E-state index in [9.17, 15) is 9.90 Å². The molecule has 0 aliphatic rings. The second-order valence-electron chi connectivity index (χ2n) is 6.24. The van der Waals surface area contributed by atoms with Gasteiger partial charge in [-0.1, -0.05) is 50.6 Å². The summed E-state index contributed by atoms with van der Waals surface area (Å²) in [7, 11) is 0. The number of anilines is 1. The van der Waals surface area contributed by atoms with Crippen LogP contribution in [0.4, 0.5) is 5.69 Å². The van der Waals surface area contributed by atoms with Gasteiger partial charge in [0.2, 0.25) is 0 Å². The van der Waals surface area contributed by atoms with Crippen molar-refractivity contribution in [3.8, 4) is 11.5 Å². The van der Waals surface area contributed by atoms with Crippen molar-refractivity contribution in [3.05, 3.63) is 53.1 Å². The number of ether oxygens (including phenoxy) is 1. The highest BCUT2D eigenvalue weighted by molar-refractivity contribution is 6.31. The second-order valence-corrected chi connectivity index (χ2v) is 6.68. The van der Waals surface area contributed by atoms with Crippen LogP contribution >= 0.6 is 11.6 Å². The molecule has 0 saturated heterocycles. The maximum Gasteiger partial charge on any atom is 0.262 e. The van der Waals surface area contributed by atoms with Crippen LogP contribution in [0.3, 0.4) is 0 Å². The molecule has 2 aromatic carbocycles. The molecule has 0 saturated carbocycles. The van der Waals surface area contributed by atoms with Crippen LogP contribution in [-0.2, 0) is 10.2 Å². The van der Waals surface area contributed by atoms with Crippen molar-refractivity contribution in [1.82, 2.24) is 0 Å². The first-order chi connectivity index (χ1) is 10.8. The van der Waals surface area contributed by atoms with E-state index in [-0.39, 0.29) is 29.4 Å². The lowest BCUT2D eigenvalue weighted by atomic mass is 9.86. The standard InChI is InChI=1S/C18H20ClNO3/c1-18(2,3)13-6-4-5-7-16(13)23-11-17(22)20-14-10-12(19)8-9-15(14)21/h4-10,21H,11H2,1-3H3,(H,20,22). The molecule has 0 atom stereocenters. The van der Waals surface area contributed by atoms with Crippen LogP contribution in [-0.4, -0.2) is 17.6 Å². The van der Waals surface area contributed by atoms with Gasteiger partial charge in [-0.25, -0.2) is 0 Å². The number of aromatic hydroxyl groups is 1. The zero-order chi connectivity index (χ0) is 17.0. The molecule has 2 rings (SSSR count). The third kappa shape index (κ3) is 4.63. The highest BCUT2D eigenvalue weighted by Gasteiger charge is 2.19. The molecule has 0 spiro atoms. The van der Waals surface area contributed by atoms with Crippen LogP contribution < -0.4 is 10.1 Å². The number of para-hydroxylation sites is 1. The van der Waals surface area contributed by atoms with Crippen molar-refractivity contribution in [2.75, 3.05) is 11.9 Å². The Hall–Kier alpha value is -2.20. The number of carbonyl (C=O) groups is 1. The Morgan fingerprint density at radius 1 is 1.22 bits per heavy atom. The van der Waals surface area contributed by atoms with E-state index in [1.165, 1.54) is 12.1 Å². The molecule has 0 unspecified atom stereocenters. The Kier molecular flexibility index (Phi) is 5.16. The largest absolute Gasteiger partial charge is 0.506 e. The summed E-state index contributed by atoms with van der Waals surface area (Å²) in [5.41, 5.74) is 1.20. The fourth-order valence-electron chi connectivity index (χ4n) is 2.15. The van der Waals surface area contributed by atoms with E-state index in [0.29, 0.717) is 10.8 Å². The molecule has 0 fully saturated rings. The molecule has 0 aliphatic heterocycles. The molecule has 0 radical (unpaired) electrons. The van der Waals surface area contributed by atoms with E-state index in [0.717, 1.165) is 5.56 Å². The number of phenolic OH excluding ortho intramolecular Hbond substituents is 1. The Morgan fingerprint density at radius 3 is 2.61 bits per heavy atom. The molecule has 1 amide bonds. The zero-order valence-electron chi connectivity index (χ0n) is 13.4. The molecule has 122 valence electrons. The topological polar surface area (TPSA) is 58.6 Å². The fraction of sp³-hybridized carbons (Fsp3) is 0.278. The number of rotatable bonds is 4. The summed E-state index contributed by atoms with van der Waals surface area (Å²) in [5, 5.41) is 12.7. The number of hydrogen-bond acceptors (Lipinski definition) is 3. The van der Waals surface area contributed by atoms with Gasteiger partial charge in [0.25, 0.3) is 5.91 Å². The highest BCUT2D eigenvalue weighted by atomic mass is 35.5. The Bertz CT molecular complexity index is 708. The van der Waals surface area contributed by atoms with Crippen LogP contribution in [0.1, 0.15) is 26.3 Å². The van der Waals surface area contributed by atoms with Crippen molar-refractivity contribution >= 4 is 23.2 Å². The lowest BCUT2D eigenvalue weighted by Crippen LogP contribution is -2.22. The molecular weight excluding hydrogens is 314 g/mol.